The SMILES string of the molecule is CN(C(=O)Oc1cc(F)ccc1F)c1ccnc(Nc2ccc(OCCCN3CCCCC3)c(F)c2)n1. The van der Waals surface area contributed by atoms with E-state index in [4.69, 9.17) is 9.47 Å². The fourth-order valence-corrected chi connectivity index (χ4v) is 3.89. The number of hydrogen-bond acceptors (Lipinski definition) is 7. The van der Waals surface area contributed by atoms with E-state index >= 15 is 0 Å². The molecule has 1 fully saturated rings. The summed E-state index contributed by atoms with van der Waals surface area (Å²) in [5.41, 5.74) is 0.377. The minimum absolute atomic E-state index is 0.0867. The Bertz CT molecular complexity index is 1220. The molecule has 37 heavy (non-hydrogen) atoms. The number of piperidine rings is 1. The largest absolute Gasteiger partial charge is 0.490 e. The van der Waals surface area contributed by atoms with Crippen LogP contribution in [0.15, 0.2) is 48.7 Å². The molecular formula is C26H28F3N5O3. The highest BCUT2D eigenvalue weighted by Gasteiger charge is 2.18. The van der Waals surface area contributed by atoms with Gasteiger partial charge in [-0.3, -0.25) is 4.90 Å². The lowest BCUT2D eigenvalue weighted by molar-refractivity contribution is 0.203. The van der Waals surface area contributed by atoms with Crippen molar-refractivity contribution in [3.8, 4) is 11.5 Å². The van der Waals surface area contributed by atoms with Crippen LogP contribution >= 0.6 is 0 Å². The van der Waals surface area contributed by atoms with Crippen LogP contribution in [-0.4, -0.2) is 54.2 Å². The summed E-state index contributed by atoms with van der Waals surface area (Å²) in [7, 11) is 1.35. The molecule has 0 unspecified atom stereocenters. The van der Waals surface area contributed by atoms with Gasteiger partial charge in [-0.1, -0.05) is 6.42 Å². The summed E-state index contributed by atoms with van der Waals surface area (Å²) in [4.78, 5) is 24.1. The average molecular weight is 516 g/mol. The van der Waals surface area contributed by atoms with Crippen molar-refractivity contribution in [1.29, 1.82) is 0 Å². The van der Waals surface area contributed by atoms with E-state index < -0.39 is 29.3 Å². The number of ether oxygens (including phenoxy) is 2. The molecule has 1 N–H and O–H groups in total. The standard InChI is InChI=1S/C26H28F3N5O3/c1-33(26(35)37-23-16-18(27)6-8-20(23)28)24-10-11-30-25(32-24)31-19-7-9-22(21(29)17-19)36-15-5-14-34-12-3-2-4-13-34/h6-11,16-17H,2-5,12-15H2,1H3,(H,30,31,32). The molecule has 2 heterocycles. The first-order chi connectivity index (χ1) is 17.9. The van der Waals surface area contributed by atoms with E-state index in [9.17, 15) is 18.0 Å². The molecule has 1 aromatic heterocycles. The number of anilines is 3. The Morgan fingerprint density at radius 2 is 1.84 bits per heavy atom. The lowest BCUT2D eigenvalue weighted by Gasteiger charge is -2.26. The highest BCUT2D eigenvalue weighted by molar-refractivity contribution is 5.87. The van der Waals surface area contributed by atoms with Gasteiger partial charge in [-0.15, -0.1) is 0 Å². The first kappa shape index (κ1) is 26.2. The summed E-state index contributed by atoms with van der Waals surface area (Å²) in [6.07, 6.45) is 4.96. The molecule has 0 atom stereocenters. The molecule has 4 rings (SSSR count). The van der Waals surface area contributed by atoms with E-state index in [1.165, 1.54) is 50.7 Å². The summed E-state index contributed by atoms with van der Waals surface area (Å²) in [6, 6.07) is 8.39. The molecule has 1 aliphatic rings. The third-order valence-electron chi connectivity index (χ3n) is 5.86. The first-order valence-corrected chi connectivity index (χ1v) is 12.0. The van der Waals surface area contributed by atoms with Crippen LogP contribution in [0.2, 0.25) is 0 Å². The van der Waals surface area contributed by atoms with Gasteiger partial charge in [-0.05, 0) is 62.7 Å². The topological polar surface area (TPSA) is 79.8 Å². The van der Waals surface area contributed by atoms with E-state index in [2.05, 4.69) is 20.2 Å². The van der Waals surface area contributed by atoms with Gasteiger partial charge in [0.25, 0.3) is 0 Å². The molecule has 0 spiro atoms. The highest BCUT2D eigenvalue weighted by atomic mass is 19.1. The molecular weight excluding hydrogens is 487 g/mol. The van der Waals surface area contributed by atoms with Gasteiger partial charge in [0, 0.05) is 37.6 Å². The molecule has 0 saturated carbocycles. The Balaban J connectivity index is 1.32. The van der Waals surface area contributed by atoms with E-state index in [0.717, 1.165) is 49.2 Å². The molecule has 0 radical (unpaired) electrons. The molecule has 196 valence electrons. The lowest BCUT2D eigenvalue weighted by Crippen LogP contribution is -2.31. The van der Waals surface area contributed by atoms with Crippen LogP contribution < -0.4 is 19.7 Å². The van der Waals surface area contributed by atoms with Crippen LogP contribution in [-0.2, 0) is 0 Å². The number of nitrogens with one attached hydrogen (secondary N) is 1. The normalized spacial score (nSPS) is 13.7. The second-order valence-corrected chi connectivity index (χ2v) is 8.61. The number of carbonyl (C=O) groups excluding carboxylic acids is 1. The number of carbonyl (C=O) groups is 1. The average Bonchev–Trinajstić information content (AvgIpc) is 2.90. The second-order valence-electron chi connectivity index (χ2n) is 8.61. The van der Waals surface area contributed by atoms with Crippen LogP contribution in [0, 0.1) is 17.5 Å². The van der Waals surface area contributed by atoms with Gasteiger partial charge >= 0.3 is 6.09 Å². The molecule has 3 aromatic rings. The summed E-state index contributed by atoms with van der Waals surface area (Å²) in [6.45, 7) is 3.59. The molecule has 0 bridgehead atoms. The lowest BCUT2D eigenvalue weighted by atomic mass is 10.1. The number of nitrogens with zero attached hydrogens (tertiary/aromatic N) is 4. The van der Waals surface area contributed by atoms with Crippen LogP contribution in [0.25, 0.3) is 0 Å². The zero-order chi connectivity index (χ0) is 26.2. The molecule has 2 aromatic carbocycles. The Morgan fingerprint density at radius 3 is 2.62 bits per heavy atom. The molecule has 11 heteroatoms. The van der Waals surface area contributed by atoms with Crippen LogP contribution in [0.1, 0.15) is 25.7 Å². The number of hydrogen-bond donors (Lipinski definition) is 1. The Morgan fingerprint density at radius 1 is 1.03 bits per heavy atom. The molecule has 0 aliphatic carbocycles. The van der Waals surface area contributed by atoms with E-state index in [-0.39, 0.29) is 17.5 Å². The maximum Gasteiger partial charge on any atom is 0.420 e. The number of rotatable bonds is 9. The third-order valence-corrected chi connectivity index (χ3v) is 5.86. The second kappa shape index (κ2) is 12.4. The summed E-state index contributed by atoms with van der Waals surface area (Å²) >= 11 is 0. The van der Waals surface area contributed by atoms with Gasteiger partial charge in [0.1, 0.15) is 11.6 Å². The zero-order valence-corrected chi connectivity index (χ0v) is 20.4. The van der Waals surface area contributed by atoms with Gasteiger partial charge in [-0.25, -0.2) is 22.9 Å². The molecule has 1 aliphatic heterocycles. The number of aromatic nitrogens is 2. The first-order valence-electron chi connectivity index (χ1n) is 12.0. The maximum atomic E-state index is 14.6. The number of benzene rings is 2. The minimum atomic E-state index is -0.984. The van der Waals surface area contributed by atoms with Crippen molar-refractivity contribution < 1.29 is 27.4 Å². The fraction of sp³-hybridized carbons (Fsp3) is 0.346. The minimum Gasteiger partial charge on any atom is -0.490 e. The van der Waals surface area contributed by atoms with Gasteiger partial charge in [-0.2, -0.15) is 4.98 Å². The van der Waals surface area contributed by atoms with Crippen LogP contribution in [0.5, 0.6) is 11.5 Å². The molecule has 1 amide bonds. The number of amides is 1. The van der Waals surface area contributed by atoms with Crippen LogP contribution in [0.3, 0.4) is 0 Å². The molecule has 8 nitrogen and oxygen atoms in total. The van der Waals surface area contributed by atoms with Crippen molar-refractivity contribution >= 4 is 23.5 Å². The number of halogens is 3. The van der Waals surface area contributed by atoms with Crippen molar-refractivity contribution in [3.63, 3.8) is 0 Å². The zero-order valence-electron chi connectivity index (χ0n) is 20.4. The third kappa shape index (κ3) is 7.32. The maximum absolute atomic E-state index is 14.6. The Hall–Kier alpha value is -3.86. The smallest absolute Gasteiger partial charge is 0.420 e. The van der Waals surface area contributed by atoms with Crippen molar-refractivity contribution in [2.24, 2.45) is 0 Å². The van der Waals surface area contributed by atoms with Crippen molar-refractivity contribution in [3.05, 3.63) is 66.1 Å². The van der Waals surface area contributed by atoms with E-state index in [1.54, 1.807) is 6.07 Å². The monoisotopic (exact) mass is 515 g/mol. The van der Waals surface area contributed by atoms with E-state index in [1.807, 2.05) is 0 Å². The molecule has 1 saturated heterocycles. The number of likely N-dealkylation sites (tertiary alicyclic amines) is 1. The predicted molar refractivity (Wildman–Crippen MR) is 133 cm³/mol. The quantitative estimate of drug-likeness (QED) is 0.376. The summed E-state index contributed by atoms with van der Waals surface area (Å²) in [5, 5.41) is 2.87. The van der Waals surface area contributed by atoms with Crippen molar-refractivity contribution in [1.82, 2.24) is 14.9 Å². The Kier molecular flexibility index (Phi) is 8.78. The predicted octanol–water partition coefficient (Wildman–Crippen LogP) is 5.53. The van der Waals surface area contributed by atoms with Crippen molar-refractivity contribution in [2.75, 3.05) is 43.5 Å². The van der Waals surface area contributed by atoms with Crippen LogP contribution in [0.4, 0.5) is 35.4 Å². The van der Waals surface area contributed by atoms with Gasteiger partial charge in [0.15, 0.2) is 23.1 Å². The van der Waals surface area contributed by atoms with Gasteiger partial charge in [0.05, 0.1) is 6.61 Å². The van der Waals surface area contributed by atoms with E-state index in [0.29, 0.717) is 12.3 Å². The summed E-state index contributed by atoms with van der Waals surface area (Å²) in [5.74, 6) is -2.35. The van der Waals surface area contributed by atoms with Crippen molar-refractivity contribution in [2.45, 2.75) is 25.7 Å². The van der Waals surface area contributed by atoms with Gasteiger partial charge in [0.2, 0.25) is 5.95 Å². The fourth-order valence-electron chi connectivity index (χ4n) is 3.89. The highest BCUT2D eigenvalue weighted by Crippen LogP contribution is 2.24. The summed E-state index contributed by atoms with van der Waals surface area (Å²) < 4.78 is 52.2. The van der Waals surface area contributed by atoms with Gasteiger partial charge < -0.3 is 19.7 Å². The Labute approximate surface area is 213 Å².